The molecule has 1 N–H and O–H groups in total. The number of hydrogen-bond acceptors (Lipinski definition) is 6. The van der Waals surface area contributed by atoms with Gasteiger partial charge in [0.25, 0.3) is 0 Å². The van der Waals surface area contributed by atoms with E-state index in [-0.39, 0.29) is 19.1 Å². The number of allylic oxidation sites excluding steroid dienone is 1. The average molecular weight is 437 g/mol. The molecule has 2 aromatic heterocycles. The average Bonchev–Trinajstić information content (AvgIpc) is 3.11. The highest BCUT2D eigenvalue weighted by molar-refractivity contribution is 5.43. The van der Waals surface area contributed by atoms with Gasteiger partial charge in [0.15, 0.2) is 5.76 Å². The fourth-order valence-corrected chi connectivity index (χ4v) is 3.11. The lowest BCUT2D eigenvalue weighted by Gasteiger charge is -2.26. The number of fused-ring (bicyclic) bond motifs is 1. The van der Waals surface area contributed by atoms with E-state index in [9.17, 15) is 8.78 Å². The van der Waals surface area contributed by atoms with Crippen LogP contribution in [0.2, 0.25) is 0 Å². The smallest absolute Gasteiger partial charge is 0.245 e. The Bertz CT molecular complexity index is 936. The monoisotopic (exact) mass is 436 g/mol. The van der Waals surface area contributed by atoms with Crippen LogP contribution in [0.5, 0.6) is 5.75 Å². The maximum atomic E-state index is 12.9. The third-order valence-electron chi connectivity index (χ3n) is 4.72. The number of hydroxylamine groups is 1. The van der Waals surface area contributed by atoms with Crippen LogP contribution in [-0.2, 0) is 16.2 Å². The Morgan fingerprint density at radius 1 is 1.29 bits per heavy atom. The fraction of sp³-hybridized carbons (Fsp3) is 0.500. The first-order valence-electron chi connectivity index (χ1n) is 10.4. The SMILES string of the molecule is CCOC1=C(Oc2ccc3nc(CONC(C)CCC(C)(F)F)cn3c2)N(C)CC=C1. The van der Waals surface area contributed by atoms with Gasteiger partial charge in [-0.25, -0.2) is 13.8 Å². The molecule has 0 fully saturated rings. The molecule has 2 aromatic rings. The molecule has 1 unspecified atom stereocenters. The topological polar surface area (TPSA) is 60.3 Å². The lowest BCUT2D eigenvalue weighted by atomic mass is 10.1. The summed E-state index contributed by atoms with van der Waals surface area (Å²) in [5, 5.41) is 0. The molecule has 0 aliphatic carbocycles. The normalized spacial score (nSPS) is 15.6. The number of ether oxygens (including phenoxy) is 2. The van der Waals surface area contributed by atoms with E-state index < -0.39 is 5.92 Å². The zero-order valence-electron chi connectivity index (χ0n) is 18.4. The molecule has 170 valence electrons. The summed E-state index contributed by atoms with van der Waals surface area (Å²) in [5.41, 5.74) is 4.26. The second kappa shape index (κ2) is 10.1. The van der Waals surface area contributed by atoms with Crippen LogP contribution in [0.15, 0.2) is 48.3 Å². The number of nitrogens with one attached hydrogen (secondary N) is 1. The minimum atomic E-state index is -2.67. The number of imidazole rings is 1. The van der Waals surface area contributed by atoms with Crippen molar-refractivity contribution >= 4 is 5.65 Å². The number of pyridine rings is 1. The lowest BCUT2D eigenvalue weighted by molar-refractivity contribution is -0.0180. The third-order valence-corrected chi connectivity index (χ3v) is 4.72. The number of rotatable bonds is 11. The van der Waals surface area contributed by atoms with Gasteiger partial charge in [-0.05, 0) is 45.4 Å². The van der Waals surface area contributed by atoms with Crippen LogP contribution in [0, 0.1) is 0 Å². The van der Waals surface area contributed by atoms with Crippen molar-refractivity contribution in [2.45, 2.75) is 52.2 Å². The van der Waals surface area contributed by atoms with Crippen molar-refractivity contribution in [2.24, 2.45) is 0 Å². The van der Waals surface area contributed by atoms with Crippen molar-refractivity contribution in [3.8, 4) is 5.75 Å². The first-order chi connectivity index (χ1) is 14.7. The van der Waals surface area contributed by atoms with E-state index in [0.29, 0.717) is 36.1 Å². The van der Waals surface area contributed by atoms with Crippen molar-refractivity contribution in [3.63, 3.8) is 0 Å². The van der Waals surface area contributed by atoms with Gasteiger partial charge >= 0.3 is 0 Å². The third kappa shape index (κ3) is 6.67. The molecule has 1 aliphatic heterocycles. The van der Waals surface area contributed by atoms with Crippen LogP contribution in [0.4, 0.5) is 8.78 Å². The number of hydrogen-bond donors (Lipinski definition) is 1. The Morgan fingerprint density at radius 2 is 2.10 bits per heavy atom. The zero-order valence-corrected chi connectivity index (χ0v) is 18.4. The van der Waals surface area contributed by atoms with E-state index in [4.69, 9.17) is 14.3 Å². The van der Waals surface area contributed by atoms with Crippen LogP contribution >= 0.6 is 0 Å². The number of aromatic nitrogens is 2. The molecule has 3 heterocycles. The van der Waals surface area contributed by atoms with E-state index in [2.05, 4.69) is 10.5 Å². The number of nitrogens with zero attached hydrogens (tertiary/aromatic N) is 3. The lowest BCUT2D eigenvalue weighted by Crippen LogP contribution is -2.28. The summed E-state index contributed by atoms with van der Waals surface area (Å²) in [6.07, 6.45) is 7.75. The van der Waals surface area contributed by atoms with E-state index in [1.165, 1.54) is 0 Å². The molecule has 31 heavy (non-hydrogen) atoms. The molecule has 0 aromatic carbocycles. The van der Waals surface area contributed by atoms with Crippen molar-refractivity contribution < 1.29 is 23.1 Å². The molecule has 0 radical (unpaired) electrons. The van der Waals surface area contributed by atoms with Crippen molar-refractivity contribution in [1.82, 2.24) is 19.8 Å². The van der Waals surface area contributed by atoms with Gasteiger partial charge in [-0.15, -0.1) is 0 Å². The van der Waals surface area contributed by atoms with Gasteiger partial charge in [-0.2, -0.15) is 5.48 Å². The minimum absolute atomic E-state index is 0.183. The zero-order chi connectivity index (χ0) is 22.4. The number of alkyl halides is 2. The van der Waals surface area contributed by atoms with Crippen LogP contribution in [0.3, 0.4) is 0 Å². The van der Waals surface area contributed by atoms with Gasteiger partial charge in [0.05, 0.1) is 18.5 Å². The molecule has 0 saturated heterocycles. The molecule has 0 amide bonds. The summed E-state index contributed by atoms with van der Waals surface area (Å²) in [4.78, 5) is 11.9. The summed E-state index contributed by atoms with van der Waals surface area (Å²) in [7, 11) is 1.94. The van der Waals surface area contributed by atoms with Gasteiger partial charge in [-0.1, -0.05) is 6.08 Å². The summed E-state index contributed by atoms with van der Waals surface area (Å²) in [6, 6.07) is 3.52. The molecule has 1 atom stereocenters. The van der Waals surface area contributed by atoms with E-state index in [1.807, 2.05) is 66.9 Å². The van der Waals surface area contributed by atoms with Gasteiger partial charge in [0.2, 0.25) is 11.8 Å². The molecular weight excluding hydrogens is 406 g/mol. The van der Waals surface area contributed by atoms with Crippen molar-refractivity contribution in [2.75, 3.05) is 20.2 Å². The standard InChI is InChI=1S/C22H30F2N4O3/c1-5-29-19-7-6-12-27(4)21(19)31-18-8-9-20-25-17(13-28(20)14-18)15-30-26-16(2)10-11-22(3,23)24/h6-9,13-14,16,26H,5,10-12,15H2,1-4H3. The highest BCUT2D eigenvalue weighted by Crippen LogP contribution is 2.23. The summed E-state index contributed by atoms with van der Waals surface area (Å²) in [5.74, 6) is -0.668. The second-order valence-corrected chi connectivity index (χ2v) is 7.77. The Hall–Kier alpha value is -2.65. The van der Waals surface area contributed by atoms with Crippen molar-refractivity contribution in [3.05, 3.63) is 54.0 Å². The predicted molar refractivity (Wildman–Crippen MR) is 113 cm³/mol. The van der Waals surface area contributed by atoms with Crippen LogP contribution < -0.4 is 10.2 Å². The summed E-state index contributed by atoms with van der Waals surface area (Å²) >= 11 is 0. The van der Waals surface area contributed by atoms with Gasteiger partial charge in [-0.3, -0.25) is 4.84 Å². The molecular formula is C22H30F2N4O3. The summed E-state index contributed by atoms with van der Waals surface area (Å²) in [6.45, 7) is 6.18. The Balaban J connectivity index is 1.60. The first kappa shape index (κ1) is 23.0. The second-order valence-electron chi connectivity index (χ2n) is 7.77. The van der Waals surface area contributed by atoms with E-state index >= 15 is 0 Å². The largest absolute Gasteiger partial charge is 0.488 e. The quantitative estimate of drug-likeness (QED) is 0.531. The number of likely N-dealkylation sites (N-methyl/N-ethyl adjacent to an activating group) is 1. The van der Waals surface area contributed by atoms with Crippen LogP contribution in [-0.4, -0.2) is 46.4 Å². The molecule has 9 heteroatoms. The molecule has 3 rings (SSSR count). The molecule has 0 saturated carbocycles. The van der Waals surface area contributed by atoms with Crippen LogP contribution in [0.25, 0.3) is 5.65 Å². The molecule has 1 aliphatic rings. The van der Waals surface area contributed by atoms with E-state index in [1.54, 1.807) is 0 Å². The highest BCUT2D eigenvalue weighted by Gasteiger charge is 2.21. The van der Waals surface area contributed by atoms with Gasteiger partial charge < -0.3 is 18.8 Å². The maximum absolute atomic E-state index is 12.9. The Kier molecular flexibility index (Phi) is 7.50. The molecule has 0 bridgehead atoms. The highest BCUT2D eigenvalue weighted by atomic mass is 19.3. The maximum Gasteiger partial charge on any atom is 0.245 e. The van der Waals surface area contributed by atoms with E-state index in [0.717, 1.165) is 19.1 Å². The Labute approximate surface area is 181 Å². The Morgan fingerprint density at radius 3 is 2.84 bits per heavy atom. The number of halogens is 2. The minimum Gasteiger partial charge on any atom is -0.488 e. The van der Waals surface area contributed by atoms with Crippen molar-refractivity contribution in [1.29, 1.82) is 0 Å². The predicted octanol–water partition coefficient (Wildman–Crippen LogP) is 4.27. The van der Waals surface area contributed by atoms with Gasteiger partial charge in [0.1, 0.15) is 18.0 Å². The fourth-order valence-electron chi connectivity index (χ4n) is 3.11. The summed E-state index contributed by atoms with van der Waals surface area (Å²) < 4.78 is 39.5. The van der Waals surface area contributed by atoms with Crippen LogP contribution in [0.1, 0.15) is 39.3 Å². The first-order valence-corrected chi connectivity index (χ1v) is 10.4. The molecule has 7 nitrogen and oxygen atoms in total. The van der Waals surface area contributed by atoms with Gasteiger partial charge in [0, 0.05) is 32.3 Å². The molecule has 0 spiro atoms.